The van der Waals surface area contributed by atoms with E-state index in [1.807, 2.05) is 19.0 Å². The highest BCUT2D eigenvalue weighted by molar-refractivity contribution is 7.87. The van der Waals surface area contributed by atoms with Crippen LogP contribution in [0.1, 0.15) is 33.1 Å². The third kappa shape index (κ3) is 6.61. The maximum atomic E-state index is 12.5. The zero-order chi connectivity index (χ0) is 16.0. The molecule has 0 aliphatic carbocycles. The number of hydrogen-bond donors (Lipinski definition) is 2. The average Bonchev–Trinajstić information content (AvgIpc) is 2.36. The van der Waals surface area contributed by atoms with Crippen LogP contribution in [0.4, 0.5) is 0 Å². The standard InChI is InChI=1S/C14H31N3O3S/c1-12(2)8-14(10-16(3)4)15-21(19,20)17-7-5-6-13(9-17)11-18/h12-15,18H,5-11H2,1-4H3. The highest BCUT2D eigenvalue weighted by atomic mass is 32.2. The number of piperidine rings is 1. The first-order chi connectivity index (χ1) is 9.74. The monoisotopic (exact) mass is 321 g/mol. The molecule has 2 N–H and O–H groups in total. The molecule has 2 unspecified atom stereocenters. The van der Waals surface area contributed by atoms with Crippen LogP contribution in [0, 0.1) is 11.8 Å². The summed E-state index contributed by atoms with van der Waals surface area (Å²) in [6.45, 7) is 5.90. The zero-order valence-electron chi connectivity index (χ0n) is 13.7. The van der Waals surface area contributed by atoms with Crippen molar-refractivity contribution in [2.45, 2.75) is 39.2 Å². The van der Waals surface area contributed by atoms with Crippen molar-refractivity contribution in [1.82, 2.24) is 13.9 Å². The van der Waals surface area contributed by atoms with E-state index in [2.05, 4.69) is 18.6 Å². The molecule has 6 nitrogen and oxygen atoms in total. The minimum atomic E-state index is -3.47. The quantitative estimate of drug-likeness (QED) is 0.683. The lowest BCUT2D eigenvalue weighted by Crippen LogP contribution is -2.51. The van der Waals surface area contributed by atoms with Crippen LogP contribution in [-0.4, -0.2) is 69.1 Å². The van der Waals surface area contributed by atoms with Gasteiger partial charge in [0.1, 0.15) is 0 Å². The number of rotatable bonds is 8. The Balaban J connectivity index is 2.70. The average molecular weight is 321 g/mol. The van der Waals surface area contributed by atoms with Gasteiger partial charge >= 0.3 is 0 Å². The molecular weight excluding hydrogens is 290 g/mol. The first kappa shape index (κ1) is 18.8. The highest BCUT2D eigenvalue weighted by Crippen LogP contribution is 2.18. The minimum Gasteiger partial charge on any atom is -0.396 e. The van der Waals surface area contributed by atoms with Crippen LogP contribution >= 0.6 is 0 Å². The van der Waals surface area contributed by atoms with Gasteiger partial charge in [-0.2, -0.15) is 17.4 Å². The molecule has 1 rings (SSSR count). The fourth-order valence-corrected chi connectivity index (χ4v) is 4.37. The van der Waals surface area contributed by atoms with Crippen LogP contribution in [0.5, 0.6) is 0 Å². The summed E-state index contributed by atoms with van der Waals surface area (Å²) in [6, 6.07) is -0.0838. The molecule has 1 saturated heterocycles. The van der Waals surface area contributed by atoms with Crippen molar-refractivity contribution in [1.29, 1.82) is 0 Å². The van der Waals surface area contributed by atoms with E-state index < -0.39 is 10.2 Å². The van der Waals surface area contributed by atoms with Gasteiger partial charge in [0.15, 0.2) is 0 Å². The van der Waals surface area contributed by atoms with Crippen molar-refractivity contribution in [3.8, 4) is 0 Å². The summed E-state index contributed by atoms with van der Waals surface area (Å²) in [5, 5.41) is 9.25. The molecule has 1 heterocycles. The molecule has 0 aromatic carbocycles. The number of nitrogens with one attached hydrogen (secondary N) is 1. The van der Waals surface area contributed by atoms with Gasteiger partial charge in [0, 0.05) is 32.3 Å². The lowest BCUT2D eigenvalue weighted by molar-refractivity contribution is 0.164. The van der Waals surface area contributed by atoms with Crippen molar-refractivity contribution in [2.24, 2.45) is 11.8 Å². The summed E-state index contributed by atoms with van der Waals surface area (Å²) in [5.74, 6) is 0.497. The van der Waals surface area contributed by atoms with Crippen molar-refractivity contribution in [3.05, 3.63) is 0 Å². The molecule has 0 spiro atoms. The molecule has 0 amide bonds. The maximum absolute atomic E-state index is 12.5. The van der Waals surface area contributed by atoms with E-state index in [4.69, 9.17) is 0 Å². The summed E-state index contributed by atoms with van der Waals surface area (Å²) >= 11 is 0. The number of aliphatic hydroxyl groups excluding tert-OH is 1. The second-order valence-electron chi connectivity index (χ2n) is 6.76. The van der Waals surface area contributed by atoms with Crippen LogP contribution in [0.15, 0.2) is 0 Å². The molecule has 0 radical (unpaired) electrons. The van der Waals surface area contributed by atoms with Crippen LogP contribution in [0.2, 0.25) is 0 Å². The molecular formula is C14H31N3O3S. The van der Waals surface area contributed by atoms with Gasteiger partial charge in [0.2, 0.25) is 0 Å². The number of nitrogens with zero attached hydrogens (tertiary/aromatic N) is 2. The Hall–Kier alpha value is -0.210. The summed E-state index contributed by atoms with van der Waals surface area (Å²) < 4.78 is 29.4. The molecule has 1 aliphatic heterocycles. The minimum absolute atomic E-state index is 0.0547. The topological polar surface area (TPSA) is 72.9 Å². The van der Waals surface area contributed by atoms with Crippen LogP contribution in [0.25, 0.3) is 0 Å². The zero-order valence-corrected chi connectivity index (χ0v) is 14.6. The fourth-order valence-electron chi connectivity index (χ4n) is 2.85. The molecule has 0 aromatic rings. The molecule has 126 valence electrons. The molecule has 2 atom stereocenters. The lowest BCUT2D eigenvalue weighted by atomic mass is 10.0. The van der Waals surface area contributed by atoms with Gasteiger partial charge in [0.25, 0.3) is 10.2 Å². The Morgan fingerprint density at radius 1 is 1.38 bits per heavy atom. The maximum Gasteiger partial charge on any atom is 0.279 e. The first-order valence-corrected chi connectivity index (χ1v) is 9.21. The predicted octanol–water partition coefficient (Wildman–Crippen LogP) is 0.501. The van der Waals surface area contributed by atoms with E-state index in [-0.39, 0.29) is 18.6 Å². The Morgan fingerprint density at radius 2 is 2.05 bits per heavy atom. The van der Waals surface area contributed by atoms with Gasteiger partial charge in [-0.25, -0.2) is 0 Å². The molecule has 0 aromatic heterocycles. The van der Waals surface area contributed by atoms with Crippen molar-refractivity contribution >= 4 is 10.2 Å². The normalized spacial score (nSPS) is 22.9. The van der Waals surface area contributed by atoms with Gasteiger partial charge in [0.05, 0.1) is 0 Å². The van der Waals surface area contributed by atoms with Crippen LogP contribution in [0.3, 0.4) is 0 Å². The molecule has 1 aliphatic rings. The van der Waals surface area contributed by atoms with E-state index in [0.29, 0.717) is 25.6 Å². The first-order valence-electron chi connectivity index (χ1n) is 7.77. The predicted molar refractivity (Wildman–Crippen MR) is 85.2 cm³/mol. The van der Waals surface area contributed by atoms with E-state index in [0.717, 1.165) is 19.3 Å². The van der Waals surface area contributed by atoms with Gasteiger partial charge < -0.3 is 10.0 Å². The van der Waals surface area contributed by atoms with Gasteiger partial charge in [-0.1, -0.05) is 13.8 Å². The summed E-state index contributed by atoms with van der Waals surface area (Å²) in [5.41, 5.74) is 0. The molecule has 21 heavy (non-hydrogen) atoms. The summed E-state index contributed by atoms with van der Waals surface area (Å²) in [6.07, 6.45) is 2.53. The SMILES string of the molecule is CC(C)CC(CN(C)C)NS(=O)(=O)N1CCCC(CO)C1. The molecule has 0 saturated carbocycles. The van der Waals surface area contributed by atoms with Gasteiger partial charge in [-0.3, -0.25) is 0 Å². The van der Waals surface area contributed by atoms with E-state index in [9.17, 15) is 13.5 Å². The highest BCUT2D eigenvalue weighted by Gasteiger charge is 2.30. The molecule has 0 bridgehead atoms. The Morgan fingerprint density at radius 3 is 2.57 bits per heavy atom. The Labute approximate surface area is 129 Å². The second kappa shape index (κ2) is 8.43. The van der Waals surface area contributed by atoms with E-state index in [1.165, 1.54) is 4.31 Å². The summed E-state index contributed by atoms with van der Waals surface area (Å²) in [4.78, 5) is 2.00. The van der Waals surface area contributed by atoms with Crippen LogP contribution in [-0.2, 0) is 10.2 Å². The van der Waals surface area contributed by atoms with Gasteiger partial charge in [-0.05, 0) is 45.2 Å². The third-order valence-corrected chi connectivity index (χ3v) is 5.38. The number of likely N-dealkylation sites (N-methyl/N-ethyl adjacent to an activating group) is 1. The van der Waals surface area contributed by atoms with E-state index >= 15 is 0 Å². The van der Waals surface area contributed by atoms with E-state index in [1.54, 1.807) is 0 Å². The fraction of sp³-hybridized carbons (Fsp3) is 1.00. The summed E-state index contributed by atoms with van der Waals surface area (Å²) in [7, 11) is 0.426. The Kier molecular flexibility index (Phi) is 7.56. The number of hydrogen-bond acceptors (Lipinski definition) is 4. The van der Waals surface area contributed by atoms with Gasteiger partial charge in [-0.15, -0.1) is 0 Å². The molecule has 1 fully saturated rings. The second-order valence-corrected chi connectivity index (χ2v) is 8.46. The Bertz CT molecular complexity index is 388. The van der Waals surface area contributed by atoms with Crippen LogP contribution < -0.4 is 4.72 Å². The largest absolute Gasteiger partial charge is 0.396 e. The molecule has 7 heteroatoms. The van der Waals surface area contributed by atoms with Crippen molar-refractivity contribution < 1.29 is 13.5 Å². The van der Waals surface area contributed by atoms with Crippen molar-refractivity contribution in [3.63, 3.8) is 0 Å². The van der Waals surface area contributed by atoms with Crippen molar-refractivity contribution in [2.75, 3.05) is 40.3 Å². The lowest BCUT2D eigenvalue weighted by Gasteiger charge is -2.33. The smallest absolute Gasteiger partial charge is 0.279 e. The number of aliphatic hydroxyl groups is 1. The third-order valence-electron chi connectivity index (χ3n) is 3.74.